The van der Waals surface area contributed by atoms with Gasteiger partial charge in [0.25, 0.3) is 0 Å². The molecule has 3 aliphatic carbocycles. The van der Waals surface area contributed by atoms with Crippen molar-refractivity contribution in [2.24, 2.45) is 11.3 Å². The standard InChI is InChI=1S/C30H31NO3/c1-27-9-6-24-17-23-7-10-29(32-14-15-33-29)19-28(23)11-12-30(24,34-28)26(27)5-4-25(27)21-3-2-20-8-13-31-18-22(20)16-21/h2-4,6,8,13,16-18,26H,5,7,9-12,14-15,19H2,1H3/t26-,27?,28-,30-/m1/s1. The molecule has 3 aliphatic heterocycles. The zero-order valence-corrected chi connectivity index (χ0v) is 19.8. The molecular formula is C30H31NO3. The summed E-state index contributed by atoms with van der Waals surface area (Å²) in [6.45, 7) is 3.90. The number of rotatable bonds is 1. The molecule has 4 atom stereocenters. The Morgan fingerprint density at radius 3 is 2.82 bits per heavy atom. The molecule has 174 valence electrons. The molecule has 3 spiro atoms. The first-order valence-electron chi connectivity index (χ1n) is 13.0. The first kappa shape index (κ1) is 20.0. The summed E-state index contributed by atoms with van der Waals surface area (Å²) in [4.78, 5) is 4.36. The van der Waals surface area contributed by atoms with Gasteiger partial charge < -0.3 is 14.2 Å². The highest BCUT2D eigenvalue weighted by Gasteiger charge is 2.67. The molecule has 4 heteroatoms. The lowest BCUT2D eigenvalue weighted by molar-refractivity contribution is -0.225. The molecule has 3 fully saturated rings. The van der Waals surface area contributed by atoms with Gasteiger partial charge in [-0.25, -0.2) is 0 Å². The van der Waals surface area contributed by atoms with Crippen LogP contribution in [0.5, 0.6) is 0 Å². The van der Waals surface area contributed by atoms with Crippen LogP contribution in [0, 0.1) is 11.3 Å². The van der Waals surface area contributed by atoms with Gasteiger partial charge >= 0.3 is 0 Å². The van der Waals surface area contributed by atoms with E-state index in [9.17, 15) is 0 Å². The van der Waals surface area contributed by atoms with E-state index in [-0.39, 0.29) is 16.6 Å². The largest absolute Gasteiger partial charge is 0.359 e. The van der Waals surface area contributed by atoms with Crippen molar-refractivity contribution in [3.63, 3.8) is 0 Å². The summed E-state index contributed by atoms with van der Waals surface area (Å²) in [5.74, 6) is 0.0281. The lowest BCUT2D eigenvalue weighted by atomic mass is 9.58. The number of nitrogens with zero attached hydrogens (tertiary/aromatic N) is 1. The van der Waals surface area contributed by atoms with Crippen LogP contribution in [-0.4, -0.2) is 35.2 Å². The number of aromatic nitrogens is 1. The second-order valence-electron chi connectivity index (χ2n) is 11.6. The summed E-state index contributed by atoms with van der Waals surface area (Å²) in [5.41, 5.74) is 5.41. The predicted octanol–water partition coefficient (Wildman–Crippen LogP) is 6.13. The summed E-state index contributed by atoms with van der Waals surface area (Å²) in [6.07, 6.45) is 18.5. The van der Waals surface area contributed by atoms with Crippen LogP contribution in [0.15, 0.2) is 66.0 Å². The maximum Gasteiger partial charge on any atom is 0.171 e. The van der Waals surface area contributed by atoms with Crippen molar-refractivity contribution in [1.82, 2.24) is 4.98 Å². The van der Waals surface area contributed by atoms with Crippen LogP contribution in [0.25, 0.3) is 16.3 Å². The highest BCUT2D eigenvalue weighted by atomic mass is 16.7. The Kier molecular flexibility index (Phi) is 3.81. The monoisotopic (exact) mass is 453 g/mol. The third-order valence-electron chi connectivity index (χ3n) is 10.0. The Balaban J connectivity index is 1.19. The molecule has 4 nitrogen and oxygen atoms in total. The van der Waals surface area contributed by atoms with Gasteiger partial charge in [0.05, 0.1) is 24.4 Å². The van der Waals surface area contributed by atoms with Gasteiger partial charge in [-0.2, -0.15) is 0 Å². The van der Waals surface area contributed by atoms with Crippen molar-refractivity contribution in [2.45, 2.75) is 68.9 Å². The highest BCUT2D eigenvalue weighted by Crippen LogP contribution is 2.68. The van der Waals surface area contributed by atoms with Gasteiger partial charge in [0, 0.05) is 42.0 Å². The fraction of sp³-hybridized carbons (Fsp3) is 0.500. The van der Waals surface area contributed by atoms with E-state index >= 15 is 0 Å². The van der Waals surface area contributed by atoms with Crippen LogP contribution in [0.3, 0.4) is 0 Å². The fourth-order valence-corrected chi connectivity index (χ4v) is 8.41. The van der Waals surface area contributed by atoms with Crippen molar-refractivity contribution in [3.8, 4) is 0 Å². The lowest BCUT2D eigenvalue weighted by Gasteiger charge is -2.54. The molecule has 1 unspecified atom stereocenters. The quantitative estimate of drug-likeness (QED) is 0.521. The Morgan fingerprint density at radius 1 is 1.00 bits per heavy atom. The van der Waals surface area contributed by atoms with Gasteiger partial charge in [-0.15, -0.1) is 0 Å². The molecule has 2 aromatic rings. The number of benzene rings is 1. The Morgan fingerprint density at radius 2 is 1.91 bits per heavy atom. The zero-order chi connectivity index (χ0) is 22.6. The van der Waals surface area contributed by atoms with Gasteiger partial charge in [0.1, 0.15) is 0 Å². The third kappa shape index (κ3) is 2.42. The molecule has 2 bridgehead atoms. The summed E-state index contributed by atoms with van der Waals surface area (Å²) in [6, 6.07) is 8.96. The molecule has 0 N–H and O–H groups in total. The van der Waals surface area contributed by atoms with Crippen LogP contribution in [0.2, 0.25) is 0 Å². The fourth-order valence-electron chi connectivity index (χ4n) is 8.41. The average Bonchev–Trinajstić information content (AvgIpc) is 3.53. The third-order valence-corrected chi connectivity index (χ3v) is 10.0. The van der Waals surface area contributed by atoms with Gasteiger partial charge in [0.2, 0.25) is 0 Å². The summed E-state index contributed by atoms with van der Waals surface area (Å²) in [5, 5.41) is 2.46. The molecule has 0 amide bonds. The molecule has 1 saturated carbocycles. The van der Waals surface area contributed by atoms with Gasteiger partial charge in [-0.3, -0.25) is 4.98 Å². The number of fused-ring (bicyclic) bond motifs is 2. The zero-order valence-electron chi connectivity index (χ0n) is 19.8. The van der Waals surface area contributed by atoms with Crippen LogP contribution >= 0.6 is 0 Å². The molecule has 0 radical (unpaired) electrons. The topological polar surface area (TPSA) is 40.6 Å². The predicted molar refractivity (Wildman–Crippen MR) is 131 cm³/mol. The maximum atomic E-state index is 7.36. The second kappa shape index (κ2) is 6.48. The van der Waals surface area contributed by atoms with Crippen molar-refractivity contribution < 1.29 is 14.2 Å². The second-order valence-corrected chi connectivity index (χ2v) is 11.6. The molecular weight excluding hydrogens is 422 g/mol. The normalized spacial score (nSPS) is 39.3. The van der Waals surface area contributed by atoms with Gasteiger partial charge in [0.15, 0.2) is 5.79 Å². The Hall–Kier alpha value is -2.27. The average molecular weight is 454 g/mol. The summed E-state index contributed by atoms with van der Waals surface area (Å²) < 4.78 is 19.7. The number of pyridine rings is 1. The van der Waals surface area contributed by atoms with Crippen LogP contribution in [-0.2, 0) is 14.2 Å². The van der Waals surface area contributed by atoms with Crippen molar-refractivity contribution in [3.05, 3.63) is 71.6 Å². The number of allylic oxidation sites excluding steroid dienone is 3. The molecule has 1 aromatic heterocycles. The van der Waals surface area contributed by atoms with E-state index in [4.69, 9.17) is 14.2 Å². The number of hydrogen-bond acceptors (Lipinski definition) is 4. The van der Waals surface area contributed by atoms with Crippen LogP contribution < -0.4 is 0 Å². The summed E-state index contributed by atoms with van der Waals surface area (Å²) in [7, 11) is 0. The first-order valence-corrected chi connectivity index (χ1v) is 13.0. The van der Waals surface area contributed by atoms with Crippen LogP contribution in [0.1, 0.15) is 57.4 Å². The Bertz CT molecular complexity index is 1320. The van der Waals surface area contributed by atoms with Crippen molar-refractivity contribution in [1.29, 1.82) is 0 Å². The van der Waals surface area contributed by atoms with Crippen molar-refractivity contribution in [2.75, 3.05) is 13.2 Å². The molecule has 2 saturated heterocycles. The number of hydrogen-bond donors (Lipinski definition) is 0. The van der Waals surface area contributed by atoms with E-state index in [0.717, 1.165) is 44.9 Å². The van der Waals surface area contributed by atoms with E-state index in [1.165, 1.54) is 33.1 Å². The minimum Gasteiger partial charge on any atom is -0.359 e. The SMILES string of the molecule is CC12CC=C3C=C4CCC5(C[C@]46CC[C@]3(O6)[C@@H]1CC=C2c1ccc2ccncc2c1)OCCO5. The lowest BCUT2D eigenvalue weighted by Crippen LogP contribution is -2.56. The minimum absolute atomic E-state index is 0.0724. The first-order chi connectivity index (χ1) is 16.5. The van der Waals surface area contributed by atoms with E-state index in [1.54, 1.807) is 0 Å². The molecule has 8 rings (SSSR count). The molecule has 1 aromatic carbocycles. The van der Waals surface area contributed by atoms with E-state index in [1.807, 2.05) is 12.4 Å². The maximum absolute atomic E-state index is 7.36. The van der Waals surface area contributed by atoms with Gasteiger partial charge in [-0.1, -0.05) is 37.3 Å². The molecule has 4 heterocycles. The Labute approximate surface area is 200 Å². The highest BCUT2D eigenvalue weighted by molar-refractivity contribution is 5.87. The van der Waals surface area contributed by atoms with E-state index in [2.05, 4.69) is 54.4 Å². The molecule has 6 aliphatic rings. The number of ether oxygens (including phenoxy) is 3. The van der Waals surface area contributed by atoms with Crippen LogP contribution in [0.4, 0.5) is 0 Å². The van der Waals surface area contributed by atoms with Gasteiger partial charge in [-0.05, 0) is 71.9 Å². The smallest absolute Gasteiger partial charge is 0.171 e. The van der Waals surface area contributed by atoms with E-state index in [0.29, 0.717) is 19.1 Å². The summed E-state index contributed by atoms with van der Waals surface area (Å²) >= 11 is 0. The minimum atomic E-state index is -0.430. The molecule has 34 heavy (non-hydrogen) atoms. The van der Waals surface area contributed by atoms with E-state index < -0.39 is 5.79 Å². The van der Waals surface area contributed by atoms with Crippen molar-refractivity contribution >= 4 is 16.3 Å².